The average molecular weight is 1250 g/mol. The minimum Gasteiger partial charge on any atom is -0.387 e. The molecule has 0 radical (unpaired) electrons. The number of nitrogens with zero attached hydrogens (tertiary/aromatic N) is 1. The Morgan fingerprint density at radius 3 is 1.03 bits per heavy atom. The van der Waals surface area contributed by atoms with Gasteiger partial charge in [0.15, 0.2) is 0 Å². The molecular formula is C80H138N2O6P+. The van der Waals surface area contributed by atoms with Gasteiger partial charge in [0.25, 0.3) is 0 Å². The van der Waals surface area contributed by atoms with E-state index in [0.29, 0.717) is 17.4 Å². The number of nitrogens with one attached hydrogen (secondary N) is 1. The van der Waals surface area contributed by atoms with Gasteiger partial charge in [-0.05, 0) is 122 Å². The van der Waals surface area contributed by atoms with Crippen molar-refractivity contribution in [3.8, 4) is 0 Å². The summed E-state index contributed by atoms with van der Waals surface area (Å²) in [6.45, 7) is 4.66. The van der Waals surface area contributed by atoms with Crippen LogP contribution < -0.4 is 5.32 Å². The third kappa shape index (κ3) is 71.4. The van der Waals surface area contributed by atoms with Crippen LogP contribution in [-0.4, -0.2) is 73.4 Å². The van der Waals surface area contributed by atoms with Gasteiger partial charge < -0.3 is 19.8 Å². The fraction of sp³-hybridized carbons (Fsp3) is 0.662. The summed E-state index contributed by atoms with van der Waals surface area (Å²) in [5.41, 5.74) is 0. The molecular weight excluding hydrogens is 1120 g/mol. The maximum atomic E-state index is 13.0. The lowest BCUT2D eigenvalue weighted by Gasteiger charge is -2.25. The molecule has 508 valence electrons. The highest BCUT2D eigenvalue weighted by atomic mass is 31.2. The van der Waals surface area contributed by atoms with Crippen LogP contribution in [0.1, 0.15) is 290 Å². The van der Waals surface area contributed by atoms with Crippen LogP contribution >= 0.6 is 7.82 Å². The van der Waals surface area contributed by atoms with E-state index in [-0.39, 0.29) is 19.1 Å². The number of quaternary nitrogens is 1. The van der Waals surface area contributed by atoms with Gasteiger partial charge in [0.05, 0.1) is 39.9 Å². The summed E-state index contributed by atoms with van der Waals surface area (Å²) < 4.78 is 23.8. The number of carbonyl (C=O) groups excluding carboxylic acids is 1. The second-order valence-electron chi connectivity index (χ2n) is 25.2. The Kier molecular flexibility index (Phi) is 65.5. The first-order valence-electron chi connectivity index (χ1n) is 36.4. The van der Waals surface area contributed by atoms with Crippen molar-refractivity contribution in [1.29, 1.82) is 0 Å². The average Bonchev–Trinajstić information content (AvgIpc) is 3.64. The van der Waals surface area contributed by atoms with Crippen LogP contribution in [-0.2, 0) is 18.4 Å². The minimum absolute atomic E-state index is 0.0394. The normalized spacial score (nSPS) is 14.6. The van der Waals surface area contributed by atoms with E-state index in [9.17, 15) is 19.4 Å². The van der Waals surface area contributed by atoms with E-state index in [0.717, 1.165) is 122 Å². The number of unbranched alkanes of at least 4 members (excludes halogenated alkanes) is 28. The fourth-order valence-corrected chi connectivity index (χ4v) is 10.6. The van der Waals surface area contributed by atoms with E-state index < -0.39 is 20.0 Å². The Labute approximate surface area is 550 Å². The number of aliphatic hydroxyl groups excluding tert-OH is 1. The monoisotopic (exact) mass is 1250 g/mol. The molecule has 0 saturated heterocycles. The molecule has 0 aliphatic carbocycles. The van der Waals surface area contributed by atoms with E-state index in [4.69, 9.17) is 9.05 Å². The topological polar surface area (TPSA) is 105 Å². The van der Waals surface area contributed by atoms with Crippen LogP contribution in [0.3, 0.4) is 0 Å². The highest BCUT2D eigenvalue weighted by Gasteiger charge is 2.28. The summed E-state index contributed by atoms with van der Waals surface area (Å²) in [6, 6.07) is -0.899. The highest BCUT2D eigenvalue weighted by molar-refractivity contribution is 7.47. The zero-order chi connectivity index (χ0) is 64.8. The maximum Gasteiger partial charge on any atom is 0.472 e. The summed E-state index contributed by atoms with van der Waals surface area (Å²) in [4.78, 5) is 23.4. The molecule has 0 aromatic carbocycles. The van der Waals surface area contributed by atoms with Gasteiger partial charge in [-0.25, -0.2) is 4.57 Å². The van der Waals surface area contributed by atoms with Gasteiger partial charge in [-0.2, -0.15) is 0 Å². The second kappa shape index (κ2) is 68.5. The predicted octanol–water partition coefficient (Wildman–Crippen LogP) is 23.7. The van der Waals surface area contributed by atoms with Crippen LogP contribution in [0, 0.1) is 0 Å². The molecule has 0 aromatic heterocycles. The molecule has 1 amide bonds. The molecule has 0 heterocycles. The fourth-order valence-electron chi connectivity index (χ4n) is 9.87. The van der Waals surface area contributed by atoms with Gasteiger partial charge >= 0.3 is 7.82 Å². The summed E-state index contributed by atoms with van der Waals surface area (Å²) in [6.07, 6.45) is 107. The molecule has 89 heavy (non-hydrogen) atoms. The van der Waals surface area contributed by atoms with E-state index in [1.807, 2.05) is 27.2 Å². The number of aliphatic hydroxyl groups is 1. The molecule has 0 aliphatic heterocycles. The van der Waals surface area contributed by atoms with Crippen molar-refractivity contribution in [2.75, 3.05) is 40.9 Å². The number of phosphoric ester groups is 1. The second-order valence-corrected chi connectivity index (χ2v) is 26.7. The molecule has 3 unspecified atom stereocenters. The van der Waals surface area contributed by atoms with Crippen molar-refractivity contribution >= 4 is 13.7 Å². The number of carbonyl (C=O) groups is 1. The summed E-state index contributed by atoms with van der Waals surface area (Å²) in [7, 11) is 1.51. The molecule has 9 heteroatoms. The van der Waals surface area contributed by atoms with Crippen molar-refractivity contribution in [3.05, 3.63) is 158 Å². The zero-order valence-corrected chi connectivity index (χ0v) is 59.0. The lowest BCUT2D eigenvalue weighted by Crippen LogP contribution is -2.45. The van der Waals surface area contributed by atoms with Gasteiger partial charge in [-0.3, -0.25) is 13.8 Å². The first-order chi connectivity index (χ1) is 43.5. The van der Waals surface area contributed by atoms with Crippen LogP contribution in [0.5, 0.6) is 0 Å². The van der Waals surface area contributed by atoms with Crippen molar-refractivity contribution in [1.82, 2.24) is 5.32 Å². The zero-order valence-electron chi connectivity index (χ0n) is 58.1. The minimum atomic E-state index is -4.39. The van der Waals surface area contributed by atoms with Gasteiger partial charge in [-0.1, -0.05) is 320 Å². The molecule has 3 N–H and O–H groups in total. The van der Waals surface area contributed by atoms with E-state index in [1.165, 1.54) is 148 Å². The third-order valence-electron chi connectivity index (χ3n) is 15.5. The standard InChI is InChI=1S/C80H137N2O6P/c1-6-8-10-12-14-16-18-20-22-24-26-28-30-32-34-36-38-40-41-42-44-46-48-50-52-54-56-58-60-62-64-66-68-70-72-74-80(84)81-78(77-88-89(85,86)87-76-75-82(3,4)5)79(83)73-71-69-67-65-63-61-59-57-55-53-51-49-47-45-43-39-37-35-33-31-29-27-25-23-21-19-17-15-13-11-9-7-2/h8,10,14,16,20,22,26,28,32,34,38,40,42,44,48,50,54-57,60,62-63,65,71,73,78-79,83H,6-7,9,11-13,15,17-19,21,23-25,27,29-31,33,35-37,39,41,43,45-47,49,51-53,58-59,61,64,66-70,72,74-77H2,1-5H3,(H-,81,84,85,86)/p+1/b10-8-,16-14-,22-20-,28-26-,34-32-,40-38-,44-42-,50-48-,56-54-,57-55+,62-60-,65-63+,73-71+. The largest absolute Gasteiger partial charge is 0.472 e. The molecule has 0 aliphatic rings. The molecule has 0 rings (SSSR count). The first kappa shape index (κ1) is 85.1. The molecule has 0 fully saturated rings. The Bertz CT molecular complexity index is 2010. The molecule has 0 spiro atoms. The van der Waals surface area contributed by atoms with Crippen molar-refractivity contribution < 1.29 is 32.9 Å². The van der Waals surface area contributed by atoms with Crippen molar-refractivity contribution in [3.63, 3.8) is 0 Å². The summed E-state index contributed by atoms with van der Waals surface area (Å²) in [5.74, 6) is -0.220. The quantitative estimate of drug-likeness (QED) is 0.0243. The van der Waals surface area contributed by atoms with Crippen LogP contribution in [0.4, 0.5) is 0 Å². The summed E-state index contributed by atoms with van der Waals surface area (Å²) >= 11 is 0. The smallest absolute Gasteiger partial charge is 0.387 e. The molecule has 0 aromatic rings. The van der Waals surface area contributed by atoms with E-state index in [2.05, 4.69) is 165 Å². The first-order valence-corrected chi connectivity index (χ1v) is 37.9. The van der Waals surface area contributed by atoms with Crippen molar-refractivity contribution in [2.45, 2.75) is 302 Å². The van der Waals surface area contributed by atoms with Gasteiger partial charge in [0, 0.05) is 6.42 Å². The number of likely N-dealkylation sites (N-methyl/N-ethyl adjacent to an activating group) is 1. The Morgan fingerprint density at radius 2 is 0.685 bits per heavy atom. The number of rotatable bonds is 65. The SMILES string of the molecule is CC/C=C\C/C=C\C/C=C\C/C=C\C/C=C\C/C=C\C/C=C\C/C=C\C/C=C\C/C=C\CCCCCCC(=O)NC(COP(=O)(O)OCC[N+](C)(C)C)C(O)/C=C/CC/C=C/CC/C=C/CCCCCCCCCCCCCCCCCCCCCCCC. The number of amides is 1. The predicted molar refractivity (Wildman–Crippen MR) is 391 cm³/mol. The van der Waals surface area contributed by atoms with E-state index >= 15 is 0 Å². The van der Waals surface area contributed by atoms with Crippen LogP contribution in [0.15, 0.2) is 158 Å². The Morgan fingerprint density at radius 1 is 0.393 bits per heavy atom. The Hall–Kier alpha value is -3.88. The molecule has 0 bridgehead atoms. The van der Waals surface area contributed by atoms with Gasteiger partial charge in [-0.15, -0.1) is 0 Å². The van der Waals surface area contributed by atoms with Crippen LogP contribution in [0.2, 0.25) is 0 Å². The molecule has 0 saturated carbocycles. The number of allylic oxidation sites excluding steroid dienone is 25. The lowest BCUT2D eigenvalue weighted by molar-refractivity contribution is -0.870. The van der Waals surface area contributed by atoms with Gasteiger partial charge in [0.2, 0.25) is 5.91 Å². The number of hydrogen-bond donors (Lipinski definition) is 3. The number of hydrogen-bond acceptors (Lipinski definition) is 5. The van der Waals surface area contributed by atoms with Crippen molar-refractivity contribution in [2.24, 2.45) is 0 Å². The lowest BCUT2D eigenvalue weighted by atomic mass is 10.0. The molecule has 3 atom stereocenters. The highest BCUT2D eigenvalue weighted by Crippen LogP contribution is 2.43. The third-order valence-corrected chi connectivity index (χ3v) is 16.4. The Balaban J connectivity index is 4.24. The van der Waals surface area contributed by atoms with Crippen LogP contribution in [0.25, 0.3) is 0 Å². The number of phosphoric acid groups is 1. The summed E-state index contributed by atoms with van der Waals surface area (Å²) in [5, 5.41) is 14.0. The van der Waals surface area contributed by atoms with Gasteiger partial charge in [0.1, 0.15) is 13.2 Å². The molecule has 8 nitrogen and oxygen atoms in total. The van der Waals surface area contributed by atoms with E-state index in [1.54, 1.807) is 6.08 Å². The maximum absolute atomic E-state index is 13.0.